The highest BCUT2D eigenvalue weighted by Crippen LogP contribution is 2.26. The number of amides is 1. The molecule has 1 aliphatic heterocycles. The van der Waals surface area contributed by atoms with Crippen LogP contribution in [0.15, 0.2) is 48.6 Å². The number of ether oxygens (including phenoxy) is 2. The lowest BCUT2D eigenvalue weighted by atomic mass is 9.99. The van der Waals surface area contributed by atoms with E-state index in [-0.39, 0.29) is 6.42 Å². The summed E-state index contributed by atoms with van der Waals surface area (Å²) in [5.41, 5.74) is 0. The van der Waals surface area contributed by atoms with Crippen molar-refractivity contribution in [2.24, 2.45) is 0 Å². The van der Waals surface area contributed by atoms with E-state index in [1.165, 1.54) is 18.9 Å². The van der Waals surface area contributed by atoms with E-state index in [9.17, 15) is 38.7 Å². The molecule has 0 bridgehead atoms. The van der Waals surface area contributed by atoms with Gasteiger partial charge in [0.15, 0.2) is 6.29 Å². The molecule has 1 rings (SSSR count). The lowest BCUT2D eigenvalue weighted by Crippen LogP contribution is -2.61. The van der Waals surface area contributed by atoms with E-state index < -0.39 is 78.5 Å². The van der Waals surface area contributed by atoms with Gasteiger partial charge in [0.25, 0.3) is 0 Å². The Bertz CT molecular complexity index is 1080. The van der Waals surface area contributed by atoms with Gasteiger partial charge in [-0.05, 0) is 58.3 Å². The summed E-state index contributed by atoms with van der Waals surface area (Å²) in [6.45, 7) is 2.82. The average molecular weight is 706 g/mol. The SMILES string of the molecule is C/C=C/CC/C=C/CC/C=C/C(O)C(COC1OC(CO)C(O)C(OS(=O)(=O)O)C1O)NC(=O)C(O)CCCCCC/C=C\CCCC. The van der Waals surface area contributed by atoms with E-state index in [2.05, 4.69) is 40.7 Å². The normalized spacial score (nSPS) is 24.2. The van der Waals surface area contributed by atoms with Gasteiger partial charge in [0.05, 0.1) is 25.4 Å². The van der Waals surface area contributed by atoms with Gasteiger partial charge < -0.3 is 40.3 Å². The summed E-state index contributed by atoms with van der Waals surface area (Å²) in [6, 6.07) is -1.14. The van der Waals surface area contributed by atoms with Crippen LogP contribution < -0.4 is 5.32 Å². The molecule has 1 heterocycles. The van der Waals surface area contributed by atoms with E-state index in [4.69, 9.17) is 14.0 Å². The number of carbonyl (C=O) groups is 1. The molecule has 7 N–H and O–H groups in total. The van der Waals surface area contributed by atoms with Crippen LogP contribution in [0.25, 0.3) is 0 Å². The van der Waals surface area contributed by atoms with Gasteiger partial charge in [0.2, 0.25) is 5.91 Å². The molecule has 8 atom stereocenters. The quantitative estimate of drug-likeness (QED) is 0.0393. The highest BCUT2D eigenvalue weighted by Gasteiger charge is 2.48. The number of carbonyl (C=O) groups excluding carboxylic acids is 1. The minimum atomic E-state index is -5.11. The van der Waals surface area contributed by atoms with Crippen LogP contribution in [0, 0.1) is 0 Å². The van der Waals surface area contributed by atoms with Gasteiger partial charge in [-0.15, -0.1) is 0 Å². The molecule has 14 heteroatoms. The largest absolute Gasteiger partial charge is 0.397 e. The zero-order chi connectivity index (χ0) is 35.8. The highest BCUT2D eigenvalue weighted by molar-refractivity contribution is 7.80. The van der Waals surface area contributed by atoms with Gasteiger partial charge in [-0.1, -0.05) is 87.6 Å². The number of unbranched alkanes of at least 4 members (excludes halogenated alkanes) is 8. The maximum Gasteiger partial charge on any atom is 0.397 e. The summed E-state index contributed by atoms with van der Waals surface area (Å²) >= 11 is 0. The van der Waals surface area contributed by atoms with Crippen molar-refractivity contribution >= 4 is 16.3 Å². The second kappa shape index (κ2) is 25.9. The number of allylic oxidation sites excluding steroid dienone is 7. The molecule has 278 valence electrons. The predicted octanol–water partition coefficient (Wildman–Crippen LogP) is 3.17. The molecule has 1 saturated heterocycles. The third kappa shape index (κ3) is 19.3. The van der Waals surface area contributed by atoms with E-state index >= 15 is 0 Å². The third-order valence-corrected chi connectivity index (χ3v) is 8.23. The van der Waals surface area contributed by atoms with Crippen molar-refractivity contribution < 1.29 is 57.0 Å². The van der Waals surface area contributed by atoms with Gasteiger partial charge in [-0.25, -0.2) is 4.18 Å². The molecule has 1 aliphatic rings. The maximum absolute atomic E-state index is 12.9. The number of aliphatic hydroxyl groups is 5. The lowest BCUT2D eigenvalue weighted by Gasteiger charge is -2.41. The average Bonchev–Trinajstić information content (AvgIpc) is 3.05. The number of hydrogen-bond acceptors (Lipinski definition) is 11. The third-order valence-electron chi connectivity index (χ3n) is 7.76. The van der Waals surface area contributed by atoms with E-state index in [1.807, 2.05) is 19.1 Å². The number of rotatable bonds is 26. The maximum atomic E-state index is 12.9. The van der Waals surface area contributed by atoms with E-state index in [0.29, 0.717) is 12.8 Å². The molecule has 8 unspecified atom stereocenters. The van der Waals surface area contributed by atoms with Crippen LogP contribution in [-0.4, -0.2) is 107 Å². The van der Waals surface area contributed by atoms with Crippen LogP contribution in [0.1, 0.15) is 97.3 Å². The molecular weight excluding hydrogens is 646 g/mol. The first kappa shape index (κ1) is 44.0. The van der Waals surface area contributed by atoms with Crippen molar-refractivity contribution in [3.8, 4) is 0 Å². The monoisotopic (exact) mass is 705 g/mol. The van der Waals surface area contributed by atoms with E-state index in [0.717, 1.165) is 51.4 Å². The lowest BCUT2D eigenvalue weighted by molar-refractivity contribution is -0.298. The van der Waals surface area contributed by atoms with Crippen LogP contribution >= 0.6 is 0 Å². The standard InChI is InChI=1S/C34H59NO12S/c1-3-5-7-9-11-13-15-17-19-21-23-28(38)33(41)35-26(27(37)22-20-18-16-14-12-10-8-6-4-2)25-45-34-31(40)32(47-48(42,43)44)30(39)29(24-36)46-34/h4,6,9,11-12,14,20,22,26-32,34,36-40H,3,5,7-8,10,13,15-19,21,23-25H2,1-2H3,(H,35,41)(H,42,43,44)/b6-4+,11-9-,14-12+,22-20+. The molecule has 1 fully saturated rings. The van der Waals surface area contributed by atoms with Crippen molar-refractivity contribution in [3.05, 3.63) is 48.6 Å². The van der Waals surface area contributed by atoms with Gasteiger partial charge in [-0.2, -0.15) is 8.42 Å². The Balaban J connectivity index is 2.82. The summed E-state index contributed by atoms with van der Waals surface area (Å²) in [7, 11) is -5.11. The molecule has 0 aromatic heterocycles. The molecule has 13 nitrogen and oxygen atoms in total. The fourth-order valence-electron chi connectivity index (χ4n) is 4.95. The molecule has 0 aromatic rings. The minimum Gasteiger partial charge on any atom is -0.394 e. The van der Waals surface area contributed by atoms with E-state index in [1.54, 1.807) is 6.08 Å². The molecular formula is C34H59NO12S. The number of hydrogen-bond donors (Lipinski definition) is 7. The zero-order valence-electron chi connectivity index (χ0n) is 28.4. The smallest absolute Gasteiger partial charge is 0.394 e. The topological polar surface area (TPSA) is 212 Å². The zero-order valence-corrected chi connectivity index (χ0v) is 29.2. The summed E-state index contributed by atoms with van der Waals surface area (Å²) < 4.78 is 47.0. The molecule has 0 saturated carbocycles. The molecule has 0 radical (unpaired) electrons. The Labute approximate surface area is 286 Å². The Morgan fingerprint density at radius 3 is 2.10 bits per heavy atom. The summed E-state index contributed by atoms with van der Waals surface area (Å²) in [4.78, 5) is 12.9. The Morgan fingerprint density at radius 2 is 1.48 bits per heavy atom. The summed E-state index contributed by atoms with van der Waals surface area (Å²) in [5, 5.41) is 54.5. The first-order valence-electron chi connectivity index (χ1n) is 17.1. The van der Waals surface area contributed by atoms with Crippen LogP contribution in [0.2, 0.25) is 0 Å². The Kier molecular flexibility index (Phi) is 23.8. The highest BCUT2D eigenvalue weighted by atomic mass is 32.3. The number of aliphatic hydroxyl groups excluding tert-OH is 5. The van der Waals surface area contributed by atoms with Crippen molar-refractivity contribution in [3.63, 3.8) is 0 Å². The van der Waals surface area contributed by atoms with Crippen molar-refractivity contribution in [2.75, 3.05) is 13.2 Å². The van der Waals surface area contributed by atoms with Crippen molar-refractivity contribution in [1.29, 1.82) is 0 Å². The number of nitrogens with one attached hydrogen (secondary N) is 1. The fourth-order valence-corrected chi connectivity index (χ4v) is 5.46. The fraction of sp³-hybridized carbons (Fsp3) is 0.735. The van der Waals surface area contributed by atoms with Gasteiger partial charge >= 0.3 is 10.4 Å². The van der Waals surface area contributed by atoms with Gasteiger partial charge in [0.1, 0.15) is 30.5 Å². The summed E-state index contributed by atoms with van der Waals surface area (Å²) in [5.74, 6) is -0.736. The Morgan fingerprint density at radius 1 is 0.875 bits per heavy atom. The molecule has 0 spiro atoms. The van der Waals surface area contributed by atoms with Crippen LogP contribution in [0.3, 0.4) is 0 Å². The first-order chi connectivity index (χ1) is 22.9. The van der Waals surface area contributed by atoms with Crippen LogP contribution in [0.4, 0.5) is 0 Å². The predicted molar refractivity (Wildman–Crippen MR) is 182 cm³/mol. The minimum absolute atomic E-state index is 0.216. The second-order valence-corrected chi connectivity index (χ2v) is 12.9. The molecule has 1 amide bonds. The Hall–Kier alpha value is -1.98. The van der Waals surface area contributed by atoms with Crippen molar-refractivity contribution in [2.45, 2.75) is 146 Å². The summed E-state index contributed by atoms with van der Waals surface area (Å²) in [6.07, 6.45) is 15.5. The molecule has 0 aliphatic carbocycles. The van der Waals surface area contributed by atoms with Crippen LogP contribution in [0.5, 0.6) is 0 Å². The van der Waals surface area contributed by atoms with Gasteiger partial charge in [-0.3, -0.25) is 9.35 Å². The second-order valence-electron chi connectivity index (χ2n) is 11.9. The molecule has 48 heavy (non-hydrogen) atoms. The first-order valence-corrected chi connectivity index (χ1v) is 18.5. The van der Waals surface area contributed by atoms with Crippen LogP contribution in [-0.2, 0) is 28.9 Å². The van der Waals surface area contributed by atoms with Gasteiger partial charge in [0, 0.05) is 0 Å². The van der Waals surface area contributed by atoms with Crippen molar-refractivity contribution in [1.82, 2.24) is 5.32 Å². The molecule has 0 aromatic carbocycles.